The maximum Gasteiger partial charge on any atom is 0.241 e. The Bertz CT molecular complexity index is 624. The van der Waals surface area contributed by atoms with Gasteiger partial charge < -0.3 is 11.1 Å². The van der Waals surface area contributed by atoms with Crippen LogP contribution >= 0.6 is 0 Å². The lowest BCUT2D eigenvalue weighted by Gasteiger charge is -2.06. The van der Waals surface area contributed by atoms with Crippen molar-refractivity contribution in [1.82, 2.24) is 4.72 Å². The lowest BCUT2D eigenvalue weighted by molar-refractivity contribution is -0.117. The van der Waals surface area contributed by atoms with E-state index >= 15 is 0 Å². The standard InChI is InChI=1S/C10H11N3O4S/c11-9(14)5-12-18(16,17)7-1-2-8-6(3-7)4-10(15)13-8/h1-3,12H,4-5H2,(H2,11,14)(H,13,15). The first kappa shape index (κ1) is 12.5. The van der Waals surface area contributed by atoms with Gasteiger partial charge in [-0.05, 0) is 23.8 Å². The molecule has 0 fully saturated rings. The molecular formula is C10H11N3O4S. The first-order valence-electron chi connectivity index (χ1n) is 5.09. The summed E-state index contributed by atoms with van der Waals surface area (Å²) in [6.07, 6.45) is 0.147. The van der Waals surface area contributed by atoms with Gasteiger partial charge in [0, 0.05) is 5.69 Å². The number of benzene rings is 1. The van der Waals surface area contributed by atoms with E-state index in [4.69, 9.17) is 5.73 Å². The summed E-state index contributed by atoms with van der Waals surface area (Å²) in [6, 6.07) is 4.27. The number of anilines is 1. The van der Waals surface area contributed by atoms with Gasteiger partial charge >= 0.3 is 0 Å². The summed E-state index contributed by atoms with van der Waals surface area (Å²) >= 11 is 0. The van der Waals surface area contributed by atoms with Gasteiger partial charge in [0.25, 0.3) is 0 Å². The molecule has 1 heterocycles. The molecule has 2 rings (SSSR count). The van der Waals surface area contributed by atoms with E-state index in [0.717, 1.165) is 0 Å². The molecule has 7 nitrogen and oxygen atoms in total. The molecule has 1 aromatic rings. The Morgan fingerprint density at radius 3 is 2.83 bits per heavy atom. The highest BCUT2D eigenvalue weighted by Crippen LogP contribution is 2.25. The highest BCUT2D eigenvalue weighted by Gasteiger charge is 2.21. The number of primary amides is 1. The molecular weight excluding hydrogens is 258 g/mol. The summed E-state index contributed by atoms with van der Waals surface area (Å²) in [5.74, 6) is -0.943. The highest BCUT2D eigenvalue weighted by molar-refractivity contribution is 7.89. The first-order chi connectivity index (χ1) is 8.38. The third-order valence-corrected chi connectivity index (χ3v) is 3.85. The summed E-state index contributed by atoms with van der Waals surface area (Å²) in [5, 5.41) is 2.60. The van der Waals surface area contributed by atoms with Gasteiger partial charge in [-0.3, -0.25) is 9.59 Å². The van der Waals surface area contributed by atoms with Crippen LogP contribution in [0.15, 0.2) is 23.1 Å². The Morgan fingerprint density at radius 2 is 2.17 bits per heavy atom. The van der Waals surface area contributed by atoms with E-state index in [1.807, 2.05) is 0 Å². The van der Waals surface area contributed by atoms with Gasteiger partial charge in [-0.1, -0.05) is 0 Å². The van der Waals surface area contributed by atoms with Crippen LogP contribution < -0.4 is 15.8 Å². The fraction of sp³-hybridized carbons (Fsp3) is 0.200. The second-order valence-electron chi connectivity index (χ2n) is 3.83. The van der Waals surface area contributed by atoms with Crippen molar-refractivity contribution in [3.63, 3.8) is 0 Å². The molecule has 18 heavy (non-hydrogen) atoms. The van der Waals surface area contributed by atoms with Crippen molar-refractivity contribution in [2.24, 2.45) is 5.73 Å². The second-order valence-corrected chi connectivity index (χ2v) is 5.60. The summed E-state index contributed by atoms with van der Waals surface area (Å²) in [6.45, 7) is -0.462. The molecule has 0 aromatic heterocycles. The van der Waals surface area contributed by atoms with Crippen LogP contribution in [0.4, 0.5) is 5.69 Å². The summed E-state index contributed by atoms with van der Waals surface area (Å²) in [7, 11) is -3.78. The topological polar surface area (TPSA) is 118 Å². The summed E-state index contributed by atoms with van der Waals surface area (Å²) in [5.41, 5.74) is 6.08. The van der Waals surface area contributed by atoms with E-state index in [1.165, 1.54) is 18.2 Å². The largest absolute Gasteiger partial charge is 0.369 e. The Morgan fingerprint density at radius 1 is 1.44 bits per heavy atom. The number of nitrogens with two attached hydrogens (primary N) is 1. The molecule has 0 aliphatic carbocycles. The molecule has 0 radical (unpaired) electrons. The van der Waals surface area contributed by atoms with Crippen LogP contribution in [0.5, 0.6) is 0 Å². The van der Waals surface area contributed by atoms with Gasteiger partial charge in [0.15, 0.2) is 0 Å². The van der Waals surface area contributed by atoms with Gasteiger partial charge in [-0.25, -0.2) is 13.1 Å². The summed E-state index contributed by atoms with van der Waals surface area (Å²) in [4.78, 5) is 21.7. The average Bonchev–Trinajstić information content (AvgIpc) is 2.65. The third kappa shape index (κ3) is 2.49. The van der Waals surface area contributed by atoms with Gasteiger partial charge in [0.1, 0.15) is 0 Å². The number of rotatable bonds is 4. The fourth-order valence-corrected chi connectivity index (χ4v) is 2.67. The van der Waals surface area contributed by atoms with Gasteiger partial charge in [-0.15, -0.1) is 0 Å². The Hall–Kier alpha value is -1.93. The van der Waals surface area contributed by atoms with Crippen molar-refractivity contribution < 1.29 is 18.0 Å². The van der Waals surface area contributed by atoms with Crippen LogP contribution in [0.3, 0.4) is 0 Å². The maximum atomic E-state index is 11.8. The van der Waals surface area contributed by atoms with Gasteiger partial charge in [-0.2, -0.15) is 0 Å². The number of hydrogen-bond acceptors (Lipinski definition) is 4. The maximum absolute atomic E-state index is 11.8. The molecule has 96 valence electrons. The number of amides is 2. The van der Waals surface area contributed by atoms with Crippen LogP contribution in [-0.4, -0.2) is 26.8 Å². The lowest BCUT2D eigenvalue weighted by atomic mass is 10.2. The zero-order valence-electron chi connectivity index (χ0n) is 9.26. The molecule has 8 heteroatoms. The minimum absolute atomic E-state index is 0.000926. The first-order valence-corrected chi connectivity index (χ1v) is 6.57. The van der Waals surface area contributed by atoms with Crippen LogP contribution in [-0.2, 0) is 26.0 Å². The smallest absolute Gasteiger partial charge is 0.241 e. The van der Waals surface area contributed by atoms with Gasteiger partial charge in [0.05, 0.1) is 17.9 Å². The minimum Gasteiger partial charge on any atom is -0.369 e. The number of nitrogens with one attached hydrogen (secondary N) is 2. The van der Waals surface area contributed by atoms with Crippen molar-refractivity contribution in [2.45, 2.75) is 11.3 Å². The molecule has 0 unspecified atom stereocenters. The number of hydrogen-bond donors (Lipinski definition) is 3. The van der Waals surface area contributed by atoms with Gasteiger partial charge in [0.2, 0.25) is 21.8 Å². The Kier molecular flexibility index (Phi) is 3.05. The van der Waals surface area contributed by atoms with E-state index in [1.54, 1.807) is 0 Å². The minimum atomic E-state index is -3.78. The molecule has 1 aliphatic rings. The molecule has 0 saturated carbocycles. The number of sulfonamides is 1. The SMILES string of the molecule is NC(=O)CNS(=O)(=O)c1ccc2c(c1)CC(=O)N2. The highest BCUT2D eigenvalue weighted by atomic mass is 32.2. The summed E-state index contributed by atoms with van der Waals surface area (Å²) < 4.78 is 25.7. The molecule has 0 bridgehead atoms. The Balaban J connectivity index is 2.27. The third-order valence-electron chi connectivity index (χ3n) is 2.45. The Labute approximate surface area is 103 Å². The quantitative estimate of drug-likeness (QED) is 0.645. The van der Waals surface area contributed by atoms with E-state index in [2.05, 4.69) is 10.0 Å². The molecule has 2 amide bonds. The molecule has 1 aromatic carbocycles. The van der Waals surface area contributed by atoms with Crippen molar-refractivity contribution in [1.29, 1.82) is 0 Å². The lowest BCUT2D eigenvalue weighted by Crippen LogP contribution is -2.33. The van der Waals surface area contributed by atoms with Crippen molar-refractivity contribution >= 4 is 27.5 Å². The van der Waals surface area contributed by atoms with Crippen LogP contribution in [0.1, 0.15) is 5.56 Å². The molecule has 0 saturated heterocycles. The van der Waals surface area contributed by atoms with Crippen molar-refractivity contribution in [2.75, 3.05) is 11.9 Å². The molecule has 0 spiro atoms. The van der Waals surface area contributed by atoms with Crippen molar-refractivity contribution in [3.05, 3.63) is 23.8 Å². The molecule has 1 aliphatic heterocycles. The number of fused-ring (bicyclic) bond motifs is 1. The monoisotopic (exact) mass is 269 g/mol. The average molecular weight is 269 g/mol. The molecule has 4 N–H and O–H groups in total. The zero-order chi connectivity index (χ0) is 13.3. The predicted octanol–water partition coefficient (Wildman–Crippen LogP) is -1.06. The normalized spacial score (nSPS) is 14.1. The zero-order valence-corrected chi connectivity index (χ0v) is 10.1. The van der Waals surface area contributed by atoms with Crippen LogP contribution in [0.25, 0.3) is 0 Å². The van der Waals surface area contributed by atoms with E-state index in [9.17, 15) is 18.0 Å². The van der Waals surface area contributed by atoms with E-state index in [0.29, 0.717) is 11.3 Å². The number of carbonyl (C=O) groups is 2. The second kappa shape index (κ2) is 4.39. The predicted molar refractivity (Wildman–Crippen MR) is 63.2 cm³/mol. The fourth-order valence-electron chi connectivity index (χ4n) is 1.62. The van der Waals surface area contributed by atoms with Crippen LogP contribution in [0.2, 0.25) is 0 Å². The molecule has 0 atom stereocenters. The van der Waals surface area contributed by atoms with Crippen molar-refractivity contribution in [3.8, 4) is 0 Å². The van der Waals surface area contributed by atoms with E-state index in [-0.39, 0.29) is 17.2 Å². The van der Waals surface area contributed by atoms with Crippen LogP contribution in [0, 0.1) is 0 Å². The van der Waals surface area contributed by atoms with E-state index < -0.39 is 22.5 Å². The number of carbonyl (C=O) groups excluding carboxylic acids is 2.